The maximum atomic E-state index is 12.4. The highest BCUT2D eigenvalue weighted by molar-refractivity contribution is 7.85. The Morgan fingerprint density at radius 1 is 1.23 bits per heavy atom. The predicted octanol–water partition coefficient (Wildman–Crippen LogP) is 1.92. The standard InChI is InChI=1S/C15H18N4O2S/c1-4-22(21)13-8-6-5-7-12(13)14(20)18-11-9-16-15(17-10-11)19(2)3/h5-10H,4H2,1-3H3,(H,18,20). The number of anilines is 2. The van der Waals surface area contributed by atoms with Crippen molar-refractivity contribution in [3.05, 3.63) is 42.2 Å². The molecule has 1 unspecified atom stereocenters. The molecule has 0 fully saturated rings. The van der Waals surface area contributed by atoms with E-state index in [1.54, 1.807) is 41.6 Å². The first kappa shape index (κ1) is 16.1. The molecule has 1 aromatic carbocycles. The highest BCUT2D eigenvalue weighted by Gasteiger charge is 2.15. The Morgan fingerprint density at radius 3 is 2.45 bits per heavy atom. The van der Waals surface area contributed by atoms with E-state index >= 15 is 0 Å². The summed E-state index contributed by atoms with van der Waals surface area (Å²) in [4.78, 5) is 22.9. The van der Waals surface area contributed by atoms with Crippen molar-refractivity contribution in [1.29, 1.82) is 0 Å². The van der Waals surface area contributed by atoms with Gasteiger partial charge in [-0.2, -0.15) is 0 Å². The third-order valence-corrected chi connectivity index (χ3v) is 4.31. The van der Waals surface area contributed by atoms with Gasteiger partial charge in [0.25, 0.3) is 5.91 Å². The van der Waals surface area contributed by atoms with E-state index < -0.39 is 10.8 Å². The van der Waals surface area contributed by atoms with Crippen LogP contribution in [0.4, 0.5) is 11.6 Å². The van der Waals surface area contributed by atoms with Crippen LogP contribution in [0.1, 0.15) is 17.3 Å². The zero-order chi connectivity index (χ0) is 16.1. The van der Waals surface area contributed by atoms with E-state index in [9.17, 15) is 9.00 Å². The molecule has 1 amide bonds. The minimum absolute atomic E-state index is 0.321. The van der Waals surface area contributed by atoms with Crippen LogP contribution in [0.5, 0.6) is 0 Å². The summed E-state index contributed by atoms with van der Waals surface area (Å²) in [7, 11) is 2.49. The van der Waals surface area contributed by atoms with Crippen LogP contribution in [-0.4, -0.2) is 39.9 Å². The number of benzene rings is 1. The second-order valence-corrected chi connectivity index (χ2v) is 6.46. The van der Waals surface area contributed by atoms with Gasteiger partial charge in [0.05, 0.1) is 39.3 Å². The fraction of sp³-hybridized carbons (Fsp3) is 0.267. The topological polar surface area (TPSA) is 75.2 Å². The zero-order valence-electron chi connectivity index (χ0n) is 12.7. The molecular formula is C15H18N4O2S. The fourth-order valence-electron chi connectivity index (χ4n) is 1.82. The largest absolute Gasteiger partial charge is 0.347 e. The number of nitrogens with one attached hydrogen (secondary N) is 1. The van der Waals surface area contributed by atoms with Crippen molar-refractivity contribution < 1.29 is 9.00 Å². The smallest absolute Gasteiger partial charge is 0.256 e. The zero-order valence-corrected chi connectivity index (χ0v) is 13.6. The Hall–Kier alpha value is -2.28. The van der Waals surface area contributed by atoms with Gasteiger partial charge in [0, 0.05) is 19.8 Å². The van der Waals surface area contributed by atoms with Gasteiger partial charge in [-0.15, -0.1) is 0 Å². The van der Waals surface area contributed by atoms with E-state index in [0.29, 0.717) is 27.8 Å². The number of hydrogen-bond donors (Lipinski definition) is 1. The van der Waals surface area contributed by atoms with E-state index in [4.69, 9.17) is 0 Å². The third kappa shape index (κ3) is 3.67. The van der Waals surface area contributed by atoms with E-state index in [1.165, 1.54) is 0 Å². The molecule has 2 aromatic rings. The summed E-state index contributed by atoms with van der Waals surface area (Å²) >= 11 is 0. The van der Waals surface area contributed by atoms with E-state index in [-0.39, 0.29) is 5.91 Å². The number of amides is 1. The number of rotatable bonds is 5. The Kier molecular flexibility index (Phi) is 5.21. The van der Waals surface area contributed by atoms with Crippen molar-refractivity contribution in [2.75, 3.05) is 30.1 Å². The first-order valence-corrected chi connectivity index (χ1v) is 8.13. The summed E-state index contributed by atoms with van der Waals surface area (Å²) < 4.78 is 12.0. The molecule has 1 atom stereocenters. The van der Waals surface area contributed by atoms with Gasteiger partial charge in [0.15, 0.2) is 0 Å². The molecule has 6 nitrogen and oxygen atoms in total. The van der Waals surface area contributed by atoms with Crippen molar-refractivity contribution in [2.24, 2.45) is 0 Å². The number of nitrogens with zero attached hydrogens (tertiary/aromatic N) is 3. The van der Waals surface area contributed by atoms with Crippen molar-refractivity contribution in [3.63, 3.8) is 0 Å². The minimum Gasteiger partial charge on any atom is -0.347 e. The van der Waals surface area contributed by atoms with Crippen LogP contribution >= 0.6 is 0 Å². The quantitative estimate of drug-likeness (QED) is 0.911. The number of hydrogen-bond acceptors (Lipinski definition) is 5. The molecule has 1 heterocycles. The SMILES string of the molecule is CCS(=O)c1ccccc1C(=O)Nc1cnc(N(C)C)nc1. The molecule has 0 aliphatic carbocycles. The number of carbonyl (C=O) groups excluding carboxylic acids is 1. The van der Waals surface area contributed by atoms with Gasteiger partial charge >= 0.3 is 0 Å². The molecule has 0 bridgehead atoms. The van der Waals surface area contributed by atoms with Gasteiger partial charge in [0.1, 0.15) is 0 Å². The first-order chi connectivity index (χ1) is 10.5. The molecule has 2 rings (SSSR count). The van der Waals surface area contributed by atoms with Crippen LogP contribution in [0.25, 0.3) is 0 Å². The predicted molar refractivity (Wildman–Crippen MR) is 87.7 cm³/mol. The molecule has 22 heavy (non-hydrogen) atoms. The molecule has 7 heteroatoms. The van der Waals surface area contributed by atoms with Crippen LogP contribution in [0, 0.1) is 0 Å². The van der Waals surface area contributed by atoms with Crippen molar-refractivity contribution in [2.45, 2.75) is 11.8 Å². The first-order valence-electron chi connectivity index (χ1n) is 6.81. The summed E-state index contributed by atoms with van der Waals surface area (Å²) in [6, 6.07) is 6.89. The van der Waals surface area contributed by atoms with Gasteiger partial charge in [-0.25, -0.2) is 9.97 Å². The van der Waals surface area contributed by atoms with Gasteiger partial charge in [-0.05, 0) is 12.1 Å². The van der Waals surface area contributed by atoms with Crippen LogP contribution in [0.15, 0.2) is 41.6 Å². The Bertz CT molecular complexity index is 686. The summed E-state index contributed by atoms with van der Waals surface area (Å²) in [5, 5.41) is 2.73. The van der Waals surface area contributed by atoms with Crippen LogP contribution in [0.2, 0.25) is 0 Å². The molecular weight excluding hydrogens is 300 g/mol. The number of aromatic nitrogens is 2. The highest BCUT2D eigenvalue weighted by Crippen LogP contribution is 2.16. The maximum absolute atomic E-state index is 12.4. The fourth-order valence-corrected chi connectivity index (χ4v) is 2.77. The monoisotopic (exact) mass is 318 g/mol. The average Bonchev–Trinajstić information content (AvgIpc) is 2.54. The Balaban J connectivity index is 2.21. The van der Waals surface area contributed by atoms with E-state index in [0.717, 1.165) is 0 Å². The Labute approximate surface area is 132 Å². The van der Waals surface area contributed by atoms with Crippen molar-refractivity contribution in [3.8, 4) is 0 Å². The normalized spacial score (nSPS) is 11.8. The average molecular weight is 318 g/mol. The lowest BCUT2D eigenvalue weighted by molar-refractivity contribution is 0.102. The number of carbonyl (C=O) groups is 1. The molecule has 0 spiro atoms. The third-order valence-electron chi connectivity index (χ3n) is 2.94. The lowest BCUT2D eigenvalue weighted by Crippen LogP contribution is -2.16. The molecule has 0 radical (unpaired) electrons. The molecule has 0 saturated heterocycles. The second-order valence-electron chi connectivity index (χ2n) is 4.75. The van der Waals surface area contributed by atoms with Crippen molar-refractivity contribution >= 4 is 28.3 Å². The van der Waals surface area contributed by atoms with Gasteiger partial charge < -0.3 is 10.2 Å². The van der Waals surface area contributed by atoms with Gasteiger partial charge in [-0.3, -0.25) is 9.00 Å². The summed E-state index contributed by atoms with van der Waals surface area (Å²) in [6.07, 6.45) is 3.08. The highest BCUT2D eigenvalue weighted by atomic mass is 32.2. The van der Waals surface area contributed by atoms with Crippen molar-refractivity contribution in [1.82, 2.24) is 9.97 Å². The summed E-state index contributed by atoms with van der Waals surface area (Å²) in [5.41, 5.74) is 0.895. The van der Waals surface area contributed by atoms with Gasteiger partial charge in [-0.1, -0.05) is 19.1 Å². The molecule has 0 aliphatic heterocycles. The minimum atomic E-state index is -1.19. The second kappa shape index (κ2) is 7.13. The van der Waals surface area contributed by atoms with Crippen LogP contribution in [-0.2, 0) is 10.8 Å². The molecule has 0 aliphatic rings. The Morgan fingerprint density at radius 2 is 1.86 bits per heavy atom. The summed E-state index contributed by atoms with van der Waals surface area (Å²) in [6.45, 7) is 1.82. The lowest BCUT2D eigenvalue weighted by Gasteiger charge is -2.11. The summed E-state index contributed by atoms with van der Waals surface area (Å²) in [5.74, 6) is 0.703. The molecule has 0 saturated carbocycles. The van der Waals surface area contributed by atoms with Gasteiger partial charge in [0.2, 0.25) is 5.95 Å². The molecule has 1 N–H and O–H groups in total. The van der Waals surface area contributed by atoms with Crippen LogP contribution < -0.4 is 10.2 Å². The van der Waals surface area contributed by atoms with E-state index in [2.05, 4.69) is 15.3 Å². The lowest BCUT2D eigenvalue weighted by atomic mass is 10.2. The van der Waals surface area contributed by atoms with Crippen LogP contribution in [0.3, 0.4) is 0 Å². The van der Waals surface area contributed by atoms with E-state index in [1.807, 2.05) is 21.0 Å². The molecule has 1 aromatic heterocycles. The molecule has 116 valence electrons. The maximum Gasteiger partial charge on any atom is 0.256 e.